The number of hydrogen-bond donors (Lipinski definition) is 0. The van der Waals surface area contributed by atoms with Gasteiger partial charge in [0.05, 0.1) is 0 Å². The van der Waals surface area contributed by atoms with E-state index in [0.717, 1.165) is 69.6 Å². The van der Waals surface area contributed by atoms with E-state index in [0.29, 0.717) is 19.3 Å². The summed E-state index contributed by atoms with van der Waals surface area (Å²) in [5.74, 6) is 0.906. The van der Waals surface area contributed by atoms with Crippen molar-refractivity contribution in [1.82, 2.24) is 0 Å². The zero-order valence-corrected chi connectivity index (χ0v) is 43.9. The molecule has 0 amide bonds. The molecule has 2 atom stereocenters. The van der Waals surface area contributed by atoms with Gasteiger partial charge in [0, 0.05) is 19.3 Å². The van der Waals surface area contributed by atoms with E-state index in [1.807, 2.05) is 0 Å². The van der Waals surface area contributed by atoms with E-state index in [9.17, 15) is 14.4 Å². The third kappa shape index (κ3) is 49.8. The minimum Gasteiger partial charge on any atom is -0.462 e. The van der Waals surface area contributed by atoms with Gasteiger partial charge in [-0.05, 0) is 31.1 Å². The smallest absolute Gasteiger partial charge is 0.306 e. The summed E-state index contributed by atoms with van der Waals surface area (Å²) in [7, 11) is 0. The molecule has 0 aromatic carbocycles. The Labute approximate surface area is 399 Å². The number of rotatable bonds is 52. The highest BCUT2D eigenvalue weighted by atomic mass is 16.6. The highest BCUT2D eigenvalue weighted by Crippen LogP contribution is 2.19. The summed E-state index contributed by atoms with van der Waals surface area (Å²) in [5, 5.41) is 0. The SMILES string of the molecule is CCCCCCCCCC(=O)OC[C@@H](COC(=O)CCCCCCCCCCCCCCCCCCCCC(C)C)OC(=O)CCCCCCCCCCCCCCCCC(C)CC. The minimum absolute atomic E-state index is 0.0631. The summed E-state index contributed by atoms with van der Waals surface area (Å²) in [5.41, 5.74) is 0. The van der Waals surface area contributed by atoms with Crippen LogP contribution in [0.2, 0.25) is 0 Å². The molecule has 0 aromatic heterocycles. The quantitative estimate of drug-likeness (QED) is 0.0344. The van der Waals surface area contributed by atoms with Gasteiger partial charge in [-0.1, -0.05) is 285 Å². The molecule has 64 heavy (non-hydrogen) atoms. The average molecular weight is 906 g/mol. The summed E-state index contributed by atoms with van der Waals surface area (Å²) in [4.78, 5) is 37.9. The molecule has 6 heteroatoms. The van der Waals surface area contributed by atoms with Gasteiger partial charge < -0.3 is 14.2 Å². The van der Waals surface area contributed by atoms with Crippen molar-refractivity contribution in [2.45, 2.75) is 330 Å². The van der Waals surface area contributed by atoms with Crippen molar-refractivity contribution in [3.05, 3.63) is 0 Å². The molecule has 0 N–H and O–H groups in total. The van der Waals surface area contributed by atoms with Crippen LogP contribution in [0.3, 0.4) is 0 Å². The summed E-state index contributed by atoms with van der Waals surface area (Å²) in [6, 6.07) is 0. The van der Waals surface area contributed by atoms with Crippen LogP contribution in [0.4, 0.5) is 0 Å². The van der Waals surface area contributed by atoms with Gasteiger partial charge in [0.1, 0.15) is 13.2 Å². The first kappa shape index (κ1) is 62.4. The Bertz CT molecular complexity index is 980. The molecule has 0 fully saturated rings. The highest BCUT2D eigenvalue weighted by Gasteiger charge is 2.19. The van der Waals surface area contributed by atoms with Gasteiger partial charge in [-0.3, -0.25) is 14.4 Å². The van der Waals surface area contributed by atoms with E-state index in [-0.39, 0.29) is 31.1 Å². The van der Waals surface area contributed by atoms with E-state index < -0.39 is 6.10 Å². The van der Waals surface area contributed by atoms with Gasteiger partial charge >= 0.3 is 17.9 Å². The van der Waals surface area contributed by atoms with Crippen molar-refractivity contribution >= 4 is 17.9 Å². The first-order valence-electron chi connectivity index (χ1n) is 28.8. The van der Waals surface area contributed by atoms with Crippen LogP contribution in [0, 0.1) is 11.8 Å². The highest BCUT2D eigenvalue weighted by molar-refractivity contribution is 5.71. The molecule has 0 radical (unpaired) electrons. The predicted molar refractivity (Wildman–Crippen MR) is 275 cm³/mol. The van der Waals surface area contributed by atoms with E-state index >= 15 is 0 Å². The molecule has 6 nitrogen and oxygen atoms in total. The molecular weight excluding hydrogens is 793 g/mol. The van der Waals surface area contributed by atoms with Gasteiger partial charge in [-0.2, -0.15) is 0 Å². The maximum atomic E-state index is 12.8. The predicted octanol–water partition coefficient (Wildman–Crippen LogP) is 18.9. The summed E-state index contributed by atoms with van der Waals surface area (Å²) < 4.78 is 16.8. The van der Waals surface area contributed by atoms with Crippen molar-refractivity contribution in [2.75, 3.05) is 13.2 Å². The third-order valence-electron chi connectivity index (χ3n) is 13.6. The van der Waals surface area contributed by atoms with Crippen molar-refractivity contribution in [1.29, 1.82) is 0 Å². The Hall–Kier alpha value is -1.59. The lowest BCUT2D eigenvalue weighted by atomic mass is 9.99. The Kier molecular flexibility index (Phi) is 49.6. The second kappa shape index (κ2) is 50.8. The maximum absolute atomic E-state index is 12.8. The molecule has 0 aliphatic heterocycles. The fourth-order valence-corrected chi connectivity index (χ4v) is 8.84. The Morgan fingerprint density at radius 2 is 0.594 bits per heavy atom. The third-order valence-corrected chi connectivity index (χ3v) is 13.6. The van der Waals surface area contributed by atoms with Crippen LogP contribution >= 0.6 is 0 Å². The minimum atomic E-state index is -0.761. The van der Waals surface area contributed by atoms with Crippen LogP contribution < -0.4 is 0 Å². The average Bonchev–Trinajstić information content (AvgIpc) is 3.28. The number of ether oxygens (including phenoxy) is 3. The van der Waals surface area contributed by atoms with E-state index in [1.165, 1.54) is 212 Å². The lowest BCUT2D eigenvalue weighted by Crippen LogP contribution is -2.30. The Morgan fingerprint density at radius 3 is 0.891 bits per heavy atom. The normalized spacial score (nSPS) is 12.5. The van der Waals surface area contributed by atoms with Gasteiger partial charge in [0.2, 0.25) is 0 Å². The van der Waals surface area contributed by atoms with Crippen LogP contribution in [0.25, 0.3) is 0 Å². The second-order valence-electron chi connectivity index (χ2n) is 20.6. The maximum Gasteiger partial charge on any atom is 0.306 e. The first-order valence-corrected chi connectivity index (χ1v) is 28.8. The molecule has 0 spiro atoms. The standard InChI is InChI=1S/C58H112O6/c1-6-8-9-10-31-38-43-48-56(59)62-51-55(64-58(61)50-45-40-35-30-26-22-18-17-20-24-28-33-37-42-47-54(5)7-2)52-63-57(60)49-44-39-34-29-25-21-16-14-12-11-13-15-19-23-27-32-36-41-46-53(3)4/h53-55H,6-52H2,1-5H3/t54?,55-/m0/s1. The van der Waals surface area contributed by atoms with Crippen molar-refractivity contribution in [2.24, 2.45) is 11.8 Å². The number of esters is 3. The lowest BCUT2D eigenvalue weighted by Gasteiger charge is -2.18. The van der Waals surface area contributed by atoms with Crippen LogP contribution in [0.1, 0.15) is 324 Å². The molecular formula is C58H112O6. The topological polar surface area (TPSA) is 78.9 Å². The van der Waals surface area contributed by atoms with Gasteiger partial charge in [0.25, 0.3) is 0 Å². The monoisotopic (exact) mass is 905 g/mol. The summed E-state index contributed by atoms with van der Waals surface area (Å²) in [6.45, 7) is 11.4. The fraction of sp³-hybridized carbons (Fsp3) is 0.948. The van der Waals surface area contributed by atoms with E-state index in [2.05, 4.69) is 34.6 Å². The molecule has 0 aliphatic carbocycles. The van der Waals surface area contributed by atoms with Gasteiger partial charge in [0.15, 0.2) is 6.10 Å². The molecule has 0 aliphatic rings. The molecule has 380 valence electrons. The molecule has 0 saturated carbocycles. The van der Waals surface area contributed by atoms with E-state index in [4.69, 9.17) is 14.2 Å². The van der Waals surface area contributed by atoms with Gasteiger partial charge in [-0.15, -0.1) is 0 Å². The molecule has 0 aromatic rings. The molecule has 1 unspecified atom stereocenters. The molecule has 0 rings (SSSR count). The second-order valence-corrected chi connectivity index (χ2v) is 20.6. The van der Waals surface area contributed by atoms with Gasteiger partial charge in [-0.25, -0.2) is 0 Å². The molecule has 0 bridgehead atoms. The number of carbonyl (C=O) groups excluding carboxylic acids is 3. The number of unbranched alkanes of at least 4 members (excludes halogenated alkanes) is 36. The van der Waals surface area contributed by atoms with E-state index in [1.54, 1.807) is 0 Å². The number of carbonyl (C=O) groups is 3. The first-order chi connectivity index (χ1) is 31.3. The molecule has 0 saturated heterocycles. The van der Waals surface area contributed by atoms with Crippen LogP contribution in [0.5, 0.6) is 0 Å². The lowest BCUT2D eigenvalue weighted by molar-refractivity contribution is -0.167. The molecule has 0 heterocycles. The summed E-state index contributed by atoms with van der Waals surface area (Å²) >= 11 is 0. The largest absolute Gasteiger partial charge is 0.462 e. The van der Waals surface area contributed by atoms with Crippen LogP contribution in [-0.2, 0) is 28.6 Å². The van der Waals surface area contributed by atoms with Crippen molar-refractivity contribution in [3.63, 3.8) is 0 Å². The summed E-state index contributed by atoms with van der Waals surface area (Å²) in [6.07, 6.45) is 53.9. The van der Waals surface area contributed by atoms with Crippen molar-refractivity contribution < 1.29 is 28.6 Å². The van der Waals surface area contributed by atoms with Crippen LogP contribution in [-0.4, -0.2) is 37.2 Å². The fourth-order valence-electron chi connectivity index (χ4n) is 8.84. The zero-order valence-electron chi connectivity index (χ0n) is 43.9. The zero-order chi connectivity index (χ0) is 46.8. The number of hydrogen-bond acceptors (Lipinski definition) is 6. The Balaban J connectivity index is 4.13. The van der Waals surface area contributed by atoms with Crippen molar-refractivity contribution in [3.8, 4) is 0 Å². The Morgan fingerprint density at radius 1 is 0.328 bits per heavy atom. The van der Waals surface area contributed by atoms with Crippen LogP contribution in [0.15, 0.2) is 0 Å².